The standard InChI is InChI=1S/C12H17N3O/c1-3-13-8-11-5-7-16-12(11)9-15-10(2)4-6-14-15/h4-7,13H,3,8-9H2,1-2H3. The number of nitrogens with one attached hydrogen (secondary N) is 1. The minimum absolute atomic E-state index is 0.701. The second-order valence-electron chi connectivity index (χ2n) is 3.78. The molecule has 0 aliphatic carbocycles. The predicted octanol–water partition coefficient (Wildman–Crippen LogP) is 1.94. The SMILES string of the molecule is CCNCc1ccoc1Cn1nccc1C. The number of aryl methyl sites for hydroxylation is 1. The third kappa shape index (κ3) is 2.33. The Morgan fingerprint density at radius 1 is 1.44 bits per heavy atom. The molecule has 0 atom stereocenters. The summed E-state index contributed by atoms with van der Waals surface area (Å²) in [6, 6.07) is 4.00. The molecular formula is C12H17N3O. The molecule has 16 heavy (non-hydrogen) atoms. The van der Waals surface area contributed by atoms with Crippen LogP contribution >= 0.6 is 0 Å². The molecule has 0 aromatic carbocycles. The largest absolute Gasteiger partial charge is 0.467 e. The fraction of sp³-hybridized carbons (Fsp3) is 0.417. The summed E-state index contributed by atoms with van der Waals surface area (Å²) in [6.07, 6.45) is 3.54. The lowest BCUT2D eigenvalue weighted by Crippen LogP contribution is -2.13. The van der Waals surface area contributed by atoms with E-state index >= 15 is 0 Å². The molecule has 4 nitrogen and oxygen atoms in total. The monoisotopic (exact) mass is 219 g/mol. The Morgan fingerprint density at radius 3 is 3.00 bits per heavy atom. The summed E-state index contributed by atoms with van der Waals surface area (Å²) < 4.78 is 7.43. The number of hydrogen-bond donors (Lipinski definition) is 1. The van der Waals surface area contributed by atoms with Gasteiger partial charge in [-0.25, -0.2) is 0 Å². The van der Waals surface area contributed by atoms with Gasteiger partial charge in [0.1, 0.15) is 5.76 Å². The molecule has 2 rings (SSSR count). The predicted molar refractivity (Wildman–Crippen MR) is 62.2 cm³/mol. The first-order valence-electron chi connectivity index (χ1n) is 5.55. The third-order valence-electron chi connectivity index (χ3n) is 2.63. The molecule has 0 saturated heterocycles. The van der Waals surface area contributed by atoms with Gasteiger partial charge in [-0.15, -0.1) is 0 Å². The van der Waals surface area contributed by atoms with Crippen molar-refractivity contribution in [3.8, 4) is 0 Å². The Labute approximate surface area is 95.3 Å². The van der Waals surface area contributed by atoms with Crippen LogP contribution in [0.5, 0.6) is 0 Å². The van der Waals surface area contributed by atoms with Gasteiger partial charge in [0.05, 0.1) is 12.8 Å². The Kier molecular flexibility index (Phi) is 3.41. The van der Waals surface area contributed by atoms with Crippen molar-refractivity contribution in [1.82, 2.24) is 15.1 Å². The highest BCUT2D eigenvalue weighted by molar-refractivity contribution is 5.17. The maximum absolute atomic E-state index is 5.49. The lowest BCUT2D eigenvalue weighted by atomic mass is 10.2. The third-order valence-corrected chi connectivity index (χ3v) is 2.63. The number of furan rings is 1. The maximum Gasteiger partial charge on any atom is 0.129 e. The van der Waals surface area contributed by atoms with Crippen LogP contribution in [-0.4, -0.2) is 16.3 Å². The molecule has 0 fully saturated rings. The van der Waals surface area contributed by atoms with E-state index in [1.54, 1.807) is 6.26 Å². The van der Waals surface area contributed by atoms with Crippen molar-refractivity contribution < 1.29 is 4.42 Å². The molecule has 0 spiro atoms. The van der Waals surface area contributed by atoms with Crippen molar-refractivity contribution in [3.63, 3.8) is 0 Å². The smallest absolute Gasteiger partial charge is 0.129 e. The first-order valence-corrected chi connectivity index (χ1v) is 5.55. The molecule has 1 N–H and O–H groups in total. The van der Waals surface area contributed by atoms with Crippen molar-refractivity contribution in [2.45, 2.75) is 26.9 Å². The quantitative estimate of drug-likeness (QED) is 0.835. The van der Waals surface area contributed by atoms with E-state index in [1.807, 2.05) is 29.9 Å². The van der Waals surface area contributed by atoms with Gasteiger partial charge in [-0.05, 0) is 25.6 Å². The Morgan fingerprint density at radius 2 is 2.31 bits per heavy atom. The molecule has 2 aromatic heterocycles. The molecule has 2 heterocycles. The van der Waals surface area contributed by atoms with Gasteiger partial charge in [-0.3, -0.25) is 4.68 Å². The molecule has 86 valence electrons. The van der Waals surface area contributed by atoms with Gasteiger partial charge in [0.2, 0.25) is 0 Å². The van der Waals surface area contributed by atoms with Crippen LogP contribution in [0.25, 0.3) is 0 Å². The average molecular weight is 219 g/mol. The normalized spacial score (nSPS) is 10.9. The highest BCUT2D eigenvalue weighted by Crippen LogP contribution is 2.12. The van der Waals surface area contributed by atoms with Crippen LogP contribution in [0.3, 0.4) is 0 Å². The highest BCUT2D eigenvalue weighted by atomic mass is 16.3. The van der Waals surface area contributed by atoms with Gasteiger partial charge in [-0.2, -0.15) is 5.10 Å². The van der Waals surface area contributed by atoms with Gasteiger partial charge < -0.3 is 9.73 Å². The van der Waals surface area contributed by atoms with E-state index in [9.17, 15) is 0 Å². The van der Waals surface area contributed by atoms with Crippen molar-refractivity contribution in [3.05, 3.63) is 41.6 Å². The molecule has 0 bridgehead atoms. The Bertz CT molecular complexity index is 445. The number of hydrogen-bond acceptors (Lipinski definition) is 3. The fourth-order valence-corrected chi connectivity index (χ4v) is 1.62. The van der Waals surface area contributed by atoms with Gasteiger partial charge in [0, 0.05) is 24.0 Å². The topological polar surface area (TPSA) is 43.0 Å². The van der Waals surface area contributed by atoms with E-state index < -0.39 is 0 Å². The van der Waals surface area contributed by atoms with Gasteiger partial charge in [-0.1, -0.05) is 6.92 Å². The minimum Gasteiger partial charge on any atom is -0.467 e. The summed E-state index contributed by atoms with van der Waals surface area (Å²) in [7, 11) is 0. The van der Waals surface area contributed by atoms with E-state index in [0.717, 1.165) is 24.5 Å². The van der Waals surface area contributed by atoms with Crippen LogP contribution < -0.4 is 5.32 Å². The molecule has 0 unspecified atom stereocenters. The van der Waals surface area contributed by atoms with Crippen molar-refractivity contribution in [1.29, 1.82) is 0 Å². The van der Waals surface area contributed by atoms with Crippen molar-refractivity contribution in [2.24, 2.45) is 0 Å². The van der Waals surface area contributed by atoms with Gasteiger partial charge in [0.25, 0.3) is 0 Å². The summed E-state index contributed by atoms with van der Waals surface area (Å²) in [5.41, 5.74) is 2.35. The van der Waals surface area contributed by atoms with Crippen LogP contribution in [0.2, 0.25) is 0 Å². The first kappa shape index (κ1) is 11.0. The molecule has 0 aliphatic heterocycles. The summed E-state index contributed by atoms with van der Waals surface area (Å²) in [5.74, 6) is 0.979. The fourth-order valence-electron chi connectivity index (χ4n) is 1.62. The molecule has 0 saturated carbocycles. The second kappa shape index (κ2) is 4.99. The molecule has 0 amide bonds. The zero-order chi connectivity index (χ0) is 11.4. The van der Waals surface area contributed by atoms with E-state index in [2.05, 4.69) is 17.3 Å². The van der Waals surface area contributed by atoms with Crippen molar-refractivity contribution in [2.75, 3.05) is 6.54 Å². The lowest BCUT2D eigenvalue weighted by Gasteiger charge is -2.05. The van der Waals surface area contributed by atoms with E-state index in [0.29, 0.717) is 6.54 Å². The van der Waals surface area contributed by atoms with Crippen LogP contribution in [0.1, 0.15) is 23.9 Å². The van der Waals surface area contributed by atoms with Crippen LogP contribution in [0.4, 0.5) is 0 Å². The van der Waals surface area contributed by atoms with Crippen LogP contribution in [0, 0.1) is 6.92 Å². The molecule has 0 radical (unpaired) electrons. The number of nitrogens with zero attached hydrogens (tertiary/aromatic N) is 2. The highest BCUT2D eigenvalue weighted by Gasteiger charge is 2.07. The lowest BCUT2D eigenvalue weighted by molar-refractivity contribution is 0.469. The van der Waals surface area contributed by atoms with Crippen LogP contribution in [-0.2, 0) is 13.1 Å². The van der Waals surface area contributed by atoms with E-state index in [-0.39, 0.29) is 0 Å². The molecule has 2 aromatic rings. The van der Waals surface area contributed by atoms with Crippen molar-refractivity contribution >= 4 is 0 Å². The zero-order valence-corrected chi connectivity index (χ0v) is 9.73. The van der Waals surface area contributed by atoms with Gasteiger partial charge in [0.15, 0.2) is 0 Å². The Hall–Kier alpha value is -1.55. The number of rotatable bonds is 5. The summed E-state index contributed by atoms with van der Waals surface area (Å²) in [6.45, 7) is 6.65. The number of aromatic nitrogens is 2. The molecule has 0 aliphatic rings. The zero-order valence-electron chi connectivity index (χ0n) is 9.73. The Balaban J connectivity index is 2.09. The summed E-state index contributed by atoms with van der Waals surface area (Å²) in [4.78, 5) is 0. The van der Waals surface area contributed by atoms with E-state index in [4.69, 9.17) is 4.42 Å². The average Bonchev–Trinajstić information content (AvgIpc) is 2.87. The van der Waals surface area contributed by atoms with Gasteiger partial charge >= 0.3 is 0 Å². The summed E-state index contributed by atoms with van der Waals surface area (Å²) in [5, 5.41) is 7.54. The minimum atomic E-state index is 0.701. The molecular weight excluding hydrogens is 202 g/mol. The maximum atomic E-state index is 5.49. The first-order chi connectivity index (χ1) is 7.81. The van der Waals surface area contributed by atoms with Crippen LogP contribution in [0.15, 0.2) is 29.0 Å². The summed E-state index contributed by atoms with van der Waals surface area (Å²) >= 11 is 0. The van der Waals surface area contributed by atoms with E-state index in [1.165, 1.54) is 5.56 Å². The second-order valence-corrected chi connectivity index (χ2v) is 3.78. The molecule has 4 heteroatoms.